The van der Waals surface area contributed by atoms with Crippen LogP contribution < -0.4 is 5.73 Å². The van der Waals surface area contributed by atoms with Gasteiger partial charge in [-0.05, 0) is 29.3 Å². The van der Waals surface area contributed by atoms with Crippen molar-refractivity contribution in [1.29, 1.82) is 0 Å². The molecule has 0 atom stereocenters. The molecule has 0 aliphatic heterocycles. The Labute approximate surface area is 95.2 Å². The van der Waals surface area contributed by atoms with Gasteiger partial charge in [0.1, 0.15) is 11.5 Å². The Balaban J connectivity index is 2.14. The second kappa shape index (κ2) is 3.47. The van der Waals surface area contributed by atoms with Gasteiger partial charge in [-0.15, -0.1) is 5.10 Å². The first-order valence-corrected chi connectivity index (χ1v) is 5.20. The number of benzene rings is 1. The fourth-order valence-electron chi connectivity index (χ4n) is 1.68. The van der Waals surface area contributed by atoms with E-state index in [9.17, 15) is 8.78 Å². The maximum Gasteiger partial charge on any atom is 0.159 e. The van der Waals surface area contributed by atoms with Crippen LogP contribution in [-0.2, 0) is 0 Å². The van der Waals surface area contributed by atoms with E-state index in [-0.39, 0.29) is 17.3 Å². The summed E-state index contributed by atoms with van der Waals surface area (Å²) in [4.78, 5) is 0. The summed E-state index contributed by atoms with van der Waals surface area (Å²) in [7, 11) is 0. The molecule has 1 aliphatic carbocycles. The number of anilines is 1. The number of nitrogens with zero attached hydrogens (tertiary/aromatic N) is 4. The summed E-state index contributed by atoms with van der Waals surface area (Å²) >= 11 is 0. The van der Waals surface area contributed by atoms with Gasteiger partial charge in [0.25, 0.3) is 0 Å². The number of rotatable bonds is 2. The minimum absolute atomic E-state index is 0.0794. The molecule has 0 amide bonds. The first kappa shape index (κ1) is 10.1. The lowest BCUT2D eigenvalue weighted by atomic mass is 10.2. The maximum absolute atomic E-state index is 13.6. The van der Waals surface area contributed by atoms with Crippen LogP contribution in [0, 0.1) is 11.6 Å². The van der Waals surface area contributed by atoms with Gasteiger partial charge < -0.3 is 5.73 Å². The number of nitrogen functional groups attached to an aromatic ring is 1. The highest BCUT2D eigenvalue weighted by molar-refractivity contribution is 5.49. The van der Waals surface area contributed by atoms with E-state index in [1.165, 1.54) is 10.7 Å². The molecule has 3 rings (SSSR count). The van der Waals surface area contributed by atoms with Crippen molar-refractivity contribution in [3.05, 3.63) is 29.6 Å². The predicted molar refractivity (Wildman–Crippen MR) is 55.5 cm³/mol. The van der Waals surface area contributed by atoms with E-state index in [0.29, 0.717) is 5.82 Å². The van der Waals surface area contributed by atoms with Gasteiger partial charge in [0, 0.05) is 12.0 Å². The summed E-state index contributed by atoms with van der Waals surface area (Å²) in [5.74, 6) is -0.663. The Kier molecular flexibility index (Phi) is 2.07. The summed E-state index contributed by atoms with van der Waals surface area (Å²) in [5.41, 5.74) is 5.37. The van der Waals surface area contributed by atoms with E-state index in [4.69, 9.17) is 5.73 Å². The summed E-state index contributed by atoms with van der Waals surface area (Å²) in [6, 6.07) is 1.94. The van der Waals surface area contributed by atoms with E-state index in [2.05, 4.69) is 15.5 Å². The highest BCUT2D eigenvalue weighted by Gasteiger charge is 2.30. The van der Waals surface area contributed by atoms with Gasteiger partial charge in [-0.25, -0.2) is 8.78 Å². The van der Waals surface area contributed by atoms with E-state index < -0.39 is 11.6 Å². The fraction of sp³-hybridized carbons (Fsp3) is 0.300. The Bertz CT molecular complexity index is 576. The fourth-order valence-corrected chi connectivity index (χ4v) is 1.68. The molecule has 1 fully saturated rings. The molecule has 2 N–H and O–H groups in total. The van der Waals surface area contributed by atoms with Crippen molar-refractivity contribution in [1.82, 2.24) is 20.2 Å². The van der Waals surface area contributed by atoms with Crippen molar-refractivity contribution in [2.45, 2.75) is 18.8 Å². The number of aromatic nitrogens is 4. The normalized spacial score (nSPS) is 15.2. The summed E-state index contributed by atoms with van der Waals surface area (Å²) in [6.45, 7) is 0. The lowest BCUT2D eigenvalue weighted by Crippen LogP contribution is -2.06. The predicted octanol–water partition coefficient (Wildman–Crippen LogP) is 1.40. The summed E-state index contributed by atoms with van der Waals surface area (Å²) < 4.78 is 28.0. The second-order valence-corrected chi connectivity index (χ2v) is 4.05. The molecule has 1 aliphatic rings. The summed E-state index contributed by atoms with van der Waals surface area (Å²) in [6.07, 6.45) is 1.97. The van der Waals surface area contributed by atoms with Crippen molar-refractivity contribution < 1.29 is 8.78 Å². The molecule has 0 saturated heterocycles. The van der Waals surface area contributed by atoms with Gasteiger partial charge in [0.05, 0.1) is 5.69 Å². The highest BCUT2D eigenvalue weighted by Crippen LogP contribution is 2.39. The topological polar surface area (TPSA) is 69.6 Å². The van der Waals surface area contributed by atoms with Crippen LogP contribution in [-0.4, -0.2) is 20.2 Å². The lowest BCUT2D eigenvalue weighted by Gasteiger charge is -2.06. The third kappa shape index (κ3) is 1.63. The molecule has 0 radical (unpaired) electrons. The third-order valence-electron chi connectivity index (χ3n) is 2.73. The van der Waals surface area contributed by atoms with Crippen LogP contribution in [0.4, 0.5) is 14.5 Å². The number of hydrogen-bond acceptors (Lipinski definition) is 4. The molecule has 1 aromatic heterocycles. The molecule has 0 bridgehead atoms. The molecular formula is C10H9F2N5. The van der Waals surface area contributed by atoms with Gasteiger partial charge >= 0.3 is 0 Å². The van der Waals surface area contributed by atoms with E-state index in [1.807, 2.05) is 0 Å². The molecule has 5 nitrogen and oxygen atoms in total. The minimum Gasteiger partial charge on any atom is -0.396 e. The van der Waals surface area contributed by atoms with Crippen LogP contribution in [0.3, 0.4) is 0 Å². The number of halogens is 2. The van der Waals surface area contributed by atoms with Gasteiger partial charge in [-0.2, -0.15) is 4.68 Å². The first-order chi connectivity index (χ1) is 8.16. The highest BCUT2D eigenvalue weighted by atomic mass is 19.1. The SMILES string of the molecule is Nc1cc(-n2nnnc2C2CC2)c(F)cc1F. The quantitative estimate of drug-likeness (QED) is 0.801. The molecule has 7 heteroatoms. The Morgan fingerprint density at radius 2 is 2.00 bits per heavy atom. The molecule has 1 heterocycles. The van der Waals surface area contributed by atoms with Crippen molar-refractivity contribution in [3.63, 3.8) is 0 Å². The lowest BCUT2D eigenvalue weighted by molar-refractivity contribution is 0.572. The van der Waals surface area contributed by atoms with E-state index in [1.54, 1.807) is 0 Å². The molecule has 2 aromatic rings. The maximum atomic E-state index is 13.6. The van der Waals surface area contributed by atoms with E-state index in [0.717, 1.165) is 18.9 Å². The van der Waals surface area contributed by atoms with Crippen LogP contribution in [0.1, 0.15) is 24.6 Å². The number of hydrogen-bond donors (Lipinski definition) is 1. The van der Waals surface area contributed by atoms with Crippen LogP contribution in [0.25, 0.3) is 5.69 Å². The van der Waals surface area contributed by atoms with Crippen LogP contribution in [0.15, 0.2) is 12.1 Å². The molecule has 0 spiro atoms. The molecule has 88 valence electrons. The molecule has 17 heavy (non-hydrogen) atoms. The van der Waals surface area contributed by atoms with Gasteiger partial charge in [0.15, 0.2) is 11.6 Å². The Hall–Kier alpha value is -2.05. The zero-order valence-corrected chi connectivity index (χ0v) is 8.77. The van der Waals surface area contributed by atoms with Gasteiger partial charge in [0.2, 0.25) is 0 Å². The third-order valence-corrected chi connectivity index (χ3v) is 2.73. The van der Waals surface area contributed by atoms with Crippen LogP contribution in [0.5, 0.6) is 0 Å². The Morgan fingerprint density at radius 3 is 2.71 bits per heavy atom. The number of tetrazole rings is 1. The first-order valence-electron chi connectivity index (χ1n) is 5.20. The zero-order valence-electron chi connectivity index (χ0n) is 8.77. The number of nitrogens with two attached hydrogens (primary N) is 1. The van der Waals surface area contributed by atoms with Crippen molar-refractivity contribution in [3.8, 4) is 5.69 Å². The molecular weight excluding hydrogens is 228 g/mol. The van der Waals surface area contributed by atoms with Gasteiger partial charge in [-0.1, -0.05) is 0 Å². The Morgan fingerprint density at radius 1 is 1.24 bits per heavy atom. The minimum atomic E-state index is -0.785. The van der Waals surface area contributed by atoms with Crippen LogP contribution in [0.2, 0.25) is 0 Å². The molecule has 1 saturated carbocycles. The molecule has 1 aromatic carbocycles. The zero-order chi connectivity index (χ0) is 12.0. The van der Waals surface area contributed by atoms with Crippen molar-refractivity contribution in [2.75, 3.05) is 5.73 Å². The van der Waals surface area contributed by atoms with Crippen molar-refractivity contribution in [2.24, 2.45) is 0 Å². The average molecular weight is 237 g/mol. The smallest absolute Gasteiger partial charge is 0.159 e. The average Bonchev–Trinajstić information content (AvgIpc) is 3.02. The van der Waals surface area contributed by atoms with Gasteiger partial charge in [-0.3, -0.25) is 0 Å². The second-order valence-electron chi connectivity index (χ2n) is 4.05. The standard InChI is InChI=1S/C10H9F2N5/c11-6-3-7(12)9(4-8(6)13)17-10(5-1-2-5)14-15-16-17/h3-5H,1-2,13H2. The largest absolute Gasteiger partial charge is 0.396 e. The van der Waals surface area contributed by atoms with E-state index >= 15 is 0 Å². The summed E-state index contributed by atoms with van der Waals surface area (Å²) in [5, 5.41) is 11.1. The van der Waals surface area contributed by atoms with Crippen LogP contribution >= 0.6 is 0 Å². The molecule has 0 unspecified atom stereocenters. The van der Waals surface area contributed by atoms with Crippen molar-refractivity contribution >= 4 is 5.69 Å². The monoisotopic (exact) mass is 237 g/mol.